The molecule has 0 aliphatic carbocycles. The van der Waals surface area contributed by atoms with Crippen LogP contribution in [0.15, 0.2) is 4.79 Å². The Morgan fingerprint density at radius 2 is 2.00 bits per heavy atom. The lowest BCUT2D eigenvalue weighted by Crippen LogP contribution is -2.14. The van der Waals surface area contributed by atoms with E-state index in [0.29, 0.717) is 16.8 Å². The van der Waals surface area contributed by atoms with Crippen LogP contribution in [0.5, 0.6) is 11.6 Å². The highest BCUT2D eigenvalue weighted by Crippen LogP contribution is 2.22. The molecule has 0 aliphatic rings. The number of ether oxygens (including phenoxy) is 2. The molecule has 1 rings (SSSR count). The van der Waals surface area contributed by atoms with Crippen LogP contribution in [-0.4, -0.2) is 19.2 Å². The molecule has 1 aromatic rings. The predicted molar refractivity (Wildman–Crippen MR) is 57.5 cm³/mol. The maximum absolute atomic E-state index is 11.7. The van der Waals surface area contributed by atoms with Crippen LogP contribution in [-0.2, 0) is 5.33 Å². The second kappa shape index (κ2) is 4.50. The first-order valence-corrected chi connectivity index (χ1v) is 5.17. The summed E-state index contributed by atoms with van der Waals surface area (Å²) in [4.78, 5) is 14.7. The van der Waals surface area contributed by atoms with E-state index in [1.165, 1.54) is 14.2 Å². The van der Waals surface area contributed by atoms with Crippen molar-refractivity contribution in [3.05, 3.63) is 21.5 Å². The molecule has 0 amide bonds. The van der Waals surface area contributed by atoms with E-state index in [9.17, 15) is 4.79 Å². The Hall–Kier alpha value is -0.970. The third-order valence-electron chi connectivity index (χ3n) is 2.01. The van der Waals surface area contributed by atoms with Crippen LogP contribution >= 0.6 is 15.9 Å². The standard InChI is InChI=1S/C9H12BrNO3/c1-5-6(4-10)11-9(14-3)8(13-2)7(5)12/h4H2,1-3H3,(H,11,12). The third kappa shape index (κ3) is 1.77. The molecule has 1 aromatic heterocycles. The van der Waals surface area contributed by atoms with Crippen LogP contribution in [0.4, 0.5) is 0 Å². The minimum atomic E-state index is -0.141. The first-order chi connectivity index (χ1) is 6.65. The average molecular weight is 262 g/mol. The zero-order chi connectivity index (χ0) is 10.7. The van der Waals surface area contributed by atoms with Crippen LogP contribution in [0.1, 0.15) is 11.3 Å². The molecule has 1 N–H and O–H groups in total. The summed E-state index contributed by atoms with van der Waals surface area (Å²) < 4.78 is 9.98. The molecule has 0 bridgehead atoms. The molecule has 0 radical (unpaired) electrons. The fourth-order valence-corrected chi connectivity index (χ4v) is 1.72. The number of aromatic nitrogens is 1. The number of methoxy groups -OCH3 is 2. The summed E-state index contributed by atoms with van der Waals surface area (Å²) >= 11 is 3.29. The summed E-state index contributed by atoms with van der Waals surface area (Å²) in [6.07, 6.45) is 0. The van der Waals surface area contributed by atoms with E-state index >= 15 is 0 Å². The lowest BCUT2D eigenvalue weighted by molar-refractivity contribution is 0.339. The Morgan fingerprint density at radius 3 is 2.43 bits per heavy atom. The van der Waals surface area contributed by atoms with Crippen molar-refractivity contribution in [2.75, 3.05) is 14.2 Å². The van der Waals surface area contributed by atoms with Crippen LogP contribution < -0.4 is 14.9 Å². The zero-order valence-corrected chi connectivity index (χ0v) is 9.90. The van der Waals surface area contributed by atoms with Gasteiger partial charge in [0.2, 0.25) is 17.1 Å². The second-order valence-corrected chi connectivity index (χ2v) is 3.32. The summed E-state index contributed by atoms with van der Waals surface area (Å²) in [5.41, 5.74) is 1.30. The molecular formula is C9H12BrNO3. The second-order valence-electron chi connectivity index (χ2n) is 2.76. The van der Waals surface area contributed by atoms with Crippen molar-refractivity contribution in [2.45, 2.75) is 12.3 Å². The van der Waals surface area contributed by atoms with E-state index in [1.807, 2.05) is 0 Å². The average Bonchev–Trinajstić information content (AvgIpc) is 2.21. The van der Waals surface area contributed by atoms with E-state index in [0.717, 1.165) is 5.69 Å². The van der Waals surface area contributed by atoms with Gasteiger partial charge in [-0.15, -0.1) is 0 Å². The summed E-state index contributed by atoms with van der Waals surface area (Å²) in [5.74, 6) is 0.576. The van der Waals surface area contributed by atoms with Gasteiger partial charge in [0, 0.05) is 16.6 Å². The van der Waals surface area contributed by atoms with Crippen molar-refractivity contribution in [3.8, 4) is 11.6 Å². The number of nitrogens with one attached hydrogen (secondary N) is 1. The Labute approximate surface area is 90.4 Å². The molecular weight excluding hydrogens is 250 g/mol. The quantitative estimate of drug-likeness (QED) is 0.841. The highest BCUT2D eigenvalue weighted by Gasteiger charge is 2.14. The molecule has 1 heterocycles. The van der Waals surface area contributed by atoms with Crippen LogP contribution in [0, 0.1) is 6.92 Å². The number of aromatic amines is 1. The van der Waals surface area contributed by atoms with Gasteiger partial charge >= 0.3 is 0 Å². The van der Waals surface area contributed by atoms with E-state index < -0.39 is 0 Å². The molecule has 78 valence electrons. The van der Waals surface area contributed by atoms with Gasteiger partial charge < -0.3 is 14.5 Å². The van der Waals surface area contributed by atoms with Gasteiger partial charge in [0.15, 0.2) is 0 Å². The number of rotatable bonds is 3. The highest BCUT2D eigenvalue weighted by atomic mass is 79.9. The van der Waals surface area contributed by atoms with Crippen molar-refractivity contribution in [1.29, 1.82) is 0 Å². The highest BCUT2D eigenvalue weighted by molar-refractivity contribution is 9.08. The number of pyridine rings is 1. The van der Waals surface area contributed by atoms with Crippen molar-refractivity contribution < 1.29 is 9.47 Å². The molecule has 0 atom stereocenters. The van der Waals surface area contributed by atoms with Gasteiger partial charge in [0.25, 0.3) is 0 Å². The predicted octanol–water partition coefficient (Wildman–Crippen LogP) is 1.60. The molecule has 4 nitrogen and oxygen atoms in total. The summed E-state index contributed by atoms with van der Waals surface area (Å²) in [6.45, 7) is 1.75. The van der Waals surface area contributed by atoms with Crippen LogP contribution in [0.3, 0.4) is 0 Å². The van der Waals surface area contributed by atoms with E-state index in [4.69, 9.17) is 9.47 Å². The zero-order valence-electron chi connectivity index (χ0n) is 8.31. The molecule has 14 heavy (non-hydrogen) atoms. The van der Waals surface area contributed by atoms with Gasteiger partial charge in [-0.1, -0.05) is 15.9 Å². The summed E-state index contributed by atoms with van der Waals surface area (Å²) in [7, 11) is 2.93. The van der Waals surface area contributed by atoms with E-state index in [-0.39, 0.29) is 11.2 Å². The van der Waals surface area contributed by atoms with E-state index in [1.54, 1.807) is 6.92 Å². The number of hydrogen-bond donors (Lipinski definition) is 1. The van der Waals surface area contributed by atoms with Gasteiger partial charge in [0.1, 0.15) is 0 Å². The largest absolute Gasteiger partial charge is 0.488 e. The van der Waals surface area contributed by atoms with Gasteiger partial charge in [0.05, 0.1) is 14.2 Å². The molecule has 0 saturated heterocycles. The Morgan fingerprint density at radius 1 is 1.36 bits per heavy atom. The number of hydrogen-bond acceptors (Lipinski definition) is 3. The number of H-pyrrole nitrogens is 1. The van der Waals surface area contributed by atoms with Gasteiger partial charge in [-0.05, 0) is 6.92 Å². The number of halogens is 1. The Balaban J connectivity index is 3.46. The van der Waals surface area contributed by atoms with Crippen molar-refractivity contribution in [2.24, 2.45) is 0 Å². The summed E-state index contributed by atoms with van der Waals surface area (Å²) in [5, 5.41) is 0.578. The van der Waals surface area contributed by atoms with Crippen molar-refractivity contribution in [3.63, 3.8) is 0 Å². The minimum Gasteiger partial charge on any atom is -0.488 e. The topological polar surface area (TPSA) is 51.3 Å². The van der Waals surface area contributed by atoms with Crippen molar-refractivity contribution >= 4 is 15.9 Å². The fraction of sp³-hybridized carbons (Fsp3) is 0.444. The van der Waals surface area contributed by atoms with Crippen LogP contribution in [0.2, 0.25) is 0 Å². The molecule has 0 aromatic carbocycles. The maximum Gasteiger partial charge on any atom is 0.238 e. The molecule has 0 spiro atoms. The lowest BCUT2D eigenvalue weighted by atomic mass is 10.2. The SMILES string of the molecule is COc1[nH]c(CBr)c(C)c(=O)c1OC. The monoisotopic (exact) mass is 261 g/mol. The van der Waals surface area contributed by atoms with E-state index in [2.05, 4.69) is 20.9 Å². The molecule has 0 saturated carbocycles. The van der Waals surface area contributed by atoms with Gasteiger partial charge in [-0.3, -0.25) is 4.79 Å². The van der Waals surface area contributed by atoms with Gasteiger partial charge in [-0.25, -0.2) is 0 Å². The Bertz CT molecular complexity index is 386. The van der Waals surface area contributed by atoms with Gasteiger partial charge in [-0.2, -0.15) is 0 Å². The van der Waals surface area contributed by atoms with Crippen molar-refractivity contribution in [1.82, 2.24) is 4.98 Å². The normalized spacial score (nSPS) is 10.0. The van der Waals surface area contributed by atoms with Crippen LogP contribution in [0.25, 0.3) is 0 Å². The first-order valence-electron chi connectivity index (χ1n) is 4.05. The molecule has 0 aliphatic heterocycles. The molecule has 0 unspecified atom stereocenters. The smallest absolute Gasteiger partial charge is 0.238 e. The fourth-order valence-electron chi connectivity index (χ4n) is 1.16. The maximum atomic E-state index is 11.7. The Kier molecular flexibility index (Phi) is 3.57. The lowest BCUT2D eigenvalue weighted by Gasteiger charge is -2.10. The summed E-state index contributed by atoms with van der Waals surface area (Å²) in [6, 6.07) is 0. The first kappa shape index (κ1) is 11.1. The number of alkyl halides is 1. The molecule has 5 heteroatoms. The molecule has 0 fully saturated rings. The minimum absolute atomic E-state index is 0.141. The third-order valence-corrected chi connectivity index (χ3v) is 2.57.